The highest BCUT2D eigenvalue weighted by molar-refractivity contribution is 5.77. The molecule has 0 radical (unpaired) electrons. The number of rotatable bonds is 10. The molecule has 2 fully saturated rings. The SMILES string of the molecule is CC(C)(CCC(=O)O)C(=O)OC[C@@]1(O[C@H]2O[C@H](CO)[C@@H](O)[C@H](O)[C@H]2O)O[C@H](CO)[C@@H](O)[C@@H]1O. The lowest BCUT2D eigenvalue weighted by molar-refractivity contribution is -0.384. The second-order valence-electron chi connectivity index (χ2n) is 8.76. The summed E-state index contributed by atoms with van der Waals surface area (Å²) in [4.78, 5) is 23.4. The van der Waals surface area contributed by atoms with Gasteiger partial charge in [0, 0.05) is 6.42 Å². The summed E-state index contributed by atoms with van der Waals surface area (Å²) in [6, 6.07) is 0. The van der Waals surface area contributed by atoms with Crippen LogP contribution in [0.1, 0.15) is 26.7 Å². The highest BCUT2D eigenvalue weighted by Crippen LogP contribution is 2.37. The van der Waals surface area contributed by atoms with Gasteiger partial charge in [0.15, 0.2) is 6.29 Å². The van der Waals surface area contributed by atoms with Crippen molar-refractivity contribution in [2.24, 2.45) is 5.41 Å². The third-order valence-corrected chi connectivity index (χ3v) is 5.77. The third kappa shape index (κ3) is 5.97. The Hall–Kier alpha value is -1.46. The summed E-state index contributed by atoms with van der Waals surface area (Å²) in [5.74, 6) is -4.40. The van der Waals surface area contributed by atoms with Crippen molar-refractivity contribution in [3.8, 4) is 0 Å². The molecule has 0 unspecified atom stereocenters. The molecule has 9 atom stereocenters. The summed E-state index contributed by atoms with van der Waals surface area (Å²) in [7, 11) is 0. The minimum absolute atomic E-state index is 0.0764. The summed E-state index contributed by atoms with van der Waals surface area (Å²) in [5.41, 5.74) is -1.26. The minimum Gasteiger partial charge on any atom is -0.481 e. The van der Waals surface area contributed by atoms with Crippen molar-refractivity contribution in [3.05, 3.63) is 0 Å². The molecule has 0 aromatic heterocycles. The quantitative estimate of drug-likeness (QED) is 0.138. The monoisotopic (exact) mass is 484 g/mol. The van der Waals surface area contributed by atoms with Gasteiger partial charge >= 0.3 is 11.9 Å². The lowest BCUT2D eigenvalue weighted by Gasteiger charge is -2.43. The third-order valence-electron chi connectivity index (χ3n) is 5.77. The molecule has 14 heteroatoms. The number of ether oxygens (including phenoxy) is 4. The first-order chi connectivity index (χ1) is 15.3. The summed E-state index contributed by atoms with van der Waals surface area (Å²) in [6.45, 7) is 0.444. The molecule has 0 saturated carbocycles. The van der Waals surface area contributed by atoms with Gasteiger partial charge in [-0.2, -0.15) is 0 Å². The predicted molar refractivity (Wildman–Crippen MR) is 103 cm³/mol. The van der Waals surface area contributed by atoms with E-state index in [2.05, 4.69) is 0 Å². The number of carbonyl (C=O) groups is 2. The number of hydrogen-bond donors (Lipinski definition) is 8. The highest BCUT2D eigenvalue weighted by atomic mass is 16.8. The van der Waals surface area contributed by atoms with E-state index in [9.17, 15) is 45.3 Å². The van der Waals surface area contributed by atoms with Crippen LogP contribution in [0.15, 0.2) is 0 Å². The highest BCUT2D eigenvalue weighted by Gasteiger charge is 2.59. The van der Waals surface area contributed by atoms with Crippen molar-refractivity contribution in [2.75, 3.05) is 19.8 Å². The van der Waals surface area contributed by atoms with Gasteiger partial charge in [-0.05, 0) is 20.3 Å². The number of carboxylic acids is 1. The summed E-state index contributed by atoms with van der Waals surface area (Å²) >= 11 is 0. The number of esters is 1. The van der Waals surface area contributed by atoms with Gasteiger partial charge in [-0.25, -0.2) is 0 Å². The molecule has 8 N–H and O–H groups in total. The molecule has 2 saturated heterocycles. The molecule has 0 bridgehead atoms. The van der Waals surface area contributed by atoms with Crippen molar-refractivity contribution in [1.29, 1.82) is 0 Å². The van der Waals surface area contributed by atoms with E-state index in [4.69, 9.17) is 24.1 Å². The lowest BCUT2D eigenvalue weighted by atomic mass is 9.88. The van der Waals surface area contributed by atoms with E-state index in [0.717, 1.165) is 0 Å². The Balaban J connectivity index is 2.24. The average Bonchev–Trinajstić information content (AvgIpc) is 3.01. The van der Waals surface area contributed by atoms with E-state index in [1.807, 2.05) is 0 Å². The van der Waals surface area contributed by atoms with Crippen LogP contribution >= 0.6 is 0 Å². The molecule has 2 rings (SSSR count). The Kier molecular flexibility index (Phi) is 9.14. The Bertz CT molecular complexity index is 683. The van der Waals surface area contributed by atoms with Crippen LogP contribution in [0.3, 0.4) is 0 Å². The fourth-order valence-corrected chi connectivity index (χ4v) is 3.50. The maximum Gasteiger partial charge on any atom is 0.311 e. The van der Waals surface area contributed by atoms with E-state index in [1.165, 1.54) is 13.8 Å². The molecule has 14 nitrogen and oxygen atoms in total. The second kappa shape index (κ2) is 10.9. The van der Waals surface area contributed by atoms with Gasteiger partial charge in [0.05, 0.1) is 18.6 Å². The van der Waals surface area contributed by atoms with E-state index in [0.29, 0.717) is 0 Å². The Morgan fingerprint density at radius 2 is 1.55 bits per heavy atom. The van der Waals surface area contributed by atoms with Crippen LogP contribution in [0, 0.1) is 5.41 Å². The molecule has 0 spiro atoms. The molecular formula is C19H32O14. The van der Waals surface area contributed by atoms with Gasteiger partial charge in [-0.1, -0.05) is 0 Å². The van der Waals surface area contributed by atoms with Crippen molar-refractivity contribution in [1.82, 2.24) is 0 Å². The van der Waals surface area contributed by atoms with Crippen LogP contribution in [0.25, 0.3) is 0 Å². The zero-order chi connectivity index (χ0) is 25.1. The summed E-state index contributed by atoms with van der Waals surface area (Å²) < 4.78 is 21.4. The minimum atomic E-state index is -2.39. The lowest BCUT2D eigenvalue weighted by Crippen LogP contribution is -2.63. The van der Waals surface area contributed by atoms with Crippen molar-refractivity contribution < 1.29 is 69.4 Å². The number of carboxylic acid groups (broad SMARTS) is 1. The smallest absolute Gasteiger partial charge is 0.311 e. The Morgan fingerprint density at radius 1 is 0.939 bits per heavy atom. The number of aliphatic carboxylic acids is 1. The topological polar surface area (TPSA) is 233 Å². The maximum absolute atomic E-state index is 12.6. The van der Waals surface area contributed by atoms with Crippen molar-refractivity contribution in [2.45, 2.75) is 81.5 Å². The number of aliphatic hydroxyl groups is 7. The number of carbonyl (C=O) groups excluding carboxylic acids is 1. The van der Waals surface area contributed by atoms with E-state index < -0.39 is 92.0 Å². The van der Waals surface area contributed by atoms with E-state index >= 15 is 0 Å². The zero-order valence-corrected chi connectivity index (χ0v) is 18.2. The first-order valence-electron chi connectivity index (χ1n) is 10.3. The van der Waals surface area contributed by atoms with Gasteiger partial charge in [0.2, 0.25) is 5.79 Å². The van der Waals surface area contributed by atoms with Gasteiger partial charge in [0.1, 0.15) is 49.3 Å². The largest absolute Gasteiger partial charge is 0.481 e. The summed E-state index contributed by atoms with van der Waals surface area (Å²) in [6.07, 6.45) is -14.0. The van der Waals surface area contributed by atoms with Crippen LogP contribution in [0.5, 0.6) is 0 Å². The molecule has 0 aromatic carbocycles. The van der Waals surface area contributed by atoms with Gasteiger partial charge in [-0.3, -0.25) is 9.59 Å². The fraction of sp³-hybridized carbons (Fsp3) is 0.895. The van der Waals surface area contributed by atoms with Crippen molar-refractivity contribution in [3.63, 3.8) is 0 Å². The molecule has 2 aliphatic rings. The van der Waals surface area contributed by atoms with Gasteiger partial charge < -0.3 is 59.8 Å². The molecule has 192 valence electrons. The van der Waals surface area contributed by atoms with Crippen LogP contribution in [0.2, 0.25) is 0 Å². The summed E-state index contributed by atoms with van der Waals surface area (Å²) in [5, 5.41) is 78.5. The number of aliphatic hydroxyl groups excluding tert-OH is 7. The normalized spacial score (nSPS) is 39.4. The fourth-order valence-electron chi connectivity index (χ4n) is 3.50. The predicted octanol–water partition coefficient (Wildman–Crippen LogP) is -3.95. The molecule has 2 heterocycles. The van der Waals surface area contributed by atoms with Crippen molar-refractivity contribution >= 4 is 11.9 Å². The van der Waals surface area contributed by atoms with Gasteiger partial charge in [-0.15, -0.1) is 0 Å². The molecule has 0 aliphatic carbocycles. The first-order valence-corrected chi connectivity index (χ1v) is 10.3. The maximum atomic E-state index is 12.6. The van der Waals surface area contributed by atoms with E-state index in [-0.39, 0.29) is 12.8 Å². The van der Waals surface area contributed by atoms with Crippen LogP contribution in [-0.4, -0.2) is 127 Å². The Labute approximate surface area is 188 Å². The molecule has 0 aromatic rings. The zero-order valence-electron chi connectivity index (χ0n) is 18.2. The second-order valence-corrected chi connectivity index (χ2v) is 8.76. The molecule has 2 aliphatic heterocycles. The molecule has 33 heavy (non-hydrogen) atoms. The number of hydrogen-bond acceptors (Lipinski definition) is 13. The van der Waals surface area contributed by atoms with Crippen LogP contribution < -0.4 is 0 Å². The standard InChI is InChI=1S/C19H32O14/c1-18(2,4-3-10(22)23)17(29)30-7-19(15(28)12(25)9(6-21)32-19)33-16-14(27)13(26)11(24)8(5-20)31-16/h8-9,11-16,20-21,24-28H,3-7H2,1-2H3,(H,22,23)/t8-,9-,11-,12-,13+,14-,15+,16-,19+/m1/s1. The van der Waals surface area contributed by atoms with E-state index in [1.54, 1.807) is 0 Å². The molecule has 0 amide bonds. The first kappa shape index (κ1) is 27.8. The average molecular weight is 484 g/mol. The Morgan fingerprint density at radius 3 is 2.06 bits per heavy atom. The van der Waals surface area contributed by atoms with Crippen LogP contribution in [0.4, 0.5) is 0 Å². The molecular weight excluding hydrogens is 452 g/mol. The van der Waals surface area contributed by atoms with Crippen LogP contribution in [-0.2, 0) is 28.5 Å². The van der Waals surface area contributed by atoms with Gasteiger partial charge in [0.25, 0.3) is 0 Å².